The average Bonchev–Trinajstić information content (AvgIpc) is 3.25. The van der Waals surface area contributed by atoms with Crippen LogP contribution in [0.15, 0.2) is 21.7 Å². The van der Waals surface area contributed by atoms with E-state index in [0.29, 0.717) is 16.3 Å². The van der Waals surface area contributed by atoms with Gasteiger partial charge in [-0.2, -0.15) is 0 Å². The van der Waals surface area contributed by atoms with Crippen LogP contribution in [-0.4, -0.2) is 19.6 Å². The molecule has 1 aliphatic carbocycles. The lowest BCUT2D eigenvalue weighted by Gasteiger charge is -2.19. The average molecular weight is 457 g/mol. The Bertz CT molecular complexity index is 1050. The fourth-order valence-corrected chi connectivity index (χ4v) is 6.02. The van der Waals surface area contributed by atoms with E-state index in [9.17, 15) is 18.3 Å². The predicted molar refractivity (Wildman–Crippen MR) is 116 cm³/mol. The molecule has 0 saturated carbocycles. The zero-order chi connectivity index (χ0) is 21.6. The SMILES string of the molecule is CC(C)c1cc(Cl)c2c(c1NC(=O)NS(=O)(=O)c1cc(C(C)(C)O)cs1)CCC2. The van der Waals surface area contributed by atoms with Gasteiger partial charge in [0, 0.05) is 10.7 Å². The fraction of sp³-hybridized carbons (Fsp3) is 0.450. The van der Waals surface area contributed by atoms with Gasteiger partial charge in [-0.1, -0.05) is 25.4 Å². The maximum absolute atomic E-state index is 12.6. The van der Waals surface area contributed by atoms with Crippen molar-refractivity contribution < 1.29 is 18.3 Å². The lowest BCUT2D eigenvalue weighted by atomic mass is 9.95. The van der Waals surface area contributed by atoms with Gasteiger partial charge in [-0.15, -0.1) is 11.3 Å². The van der Waals surface area contributed by atoms with Crippen molar-refractivity contribution >= 4 is 44.7 Å². The standard InChI is InChI=1S/C20H25ClN2O4S2/c1-11(2)15-9-16(21)13-6-5-7-14(13)18(15)22-19(24)23-29(26,27)17-8-12(10-28-17)20(3,4)25/h8-11,25H,5-7H2,1-4H3,(H2,22,23,24). The van der Waals surface area contributed by atoms with Gasteiger partial charge >= 0.3 is 6.03 Å². The zero-order valence-corrected chi connectivity index (χ0v) is 19.2. The van der Waals surface area contributed by atoms with Crippen LogP contribution in [0.3, 0.4) is 0 Å². The van der Waals surface area contributed by atoms with Crippen molar-refractivity contribution in [2.75, 3.05) is 5.32 Å². The third kappa shape index (κ3) is 4.60. The molecule has 2 aromatic rings. The molecule has 9 heteroatoms. The van der Waals surface area contributed by atoms with E-state index in [1.807, 2.05) is 19.9 Å². The fourth-order valence-electron chi connectivity index (χ4n) is 3.45. The van der Waals surface area contributed by atoms with Crippen molar-refractivity contribution in [1.82, 2.24) is 4.72 Å². The second kappa shape index (κ2) is 7.91. The summed E-state index contributed by atoms with van der Waals surface area (Å²) in [4.78, 5) is 12.6. The Kier molecular flexibility index (Phi) is 6.02. The van der Waals surface area contributed by atoms with Crippen LogP contribution in [0.1, 0.15) is 62.3 Å². The number of hydrogen-bond donors (Lipinski definition) is 3. The second-order valence-electron chi connectivity index (χ2n) is 8.06. The van der Waals surface area contributed by atoms with Gasteiger partial charge in [0.1, 0.15) is 4.21 Å². The summed E-state index contributed by atoms with van der Waals surface area (Å²) in [5, 5.41) is 15.0. The highest BCUT2D eigenvalue weighted by Crippen LogP contribution is 2.40. The molecule has 3 rings (SSSR count). The maximum atomic E-state index is 12.6. The predicted octanol–water partition coefficient (Wildman–Crippen LogP) is 4.75. The highest BCUT2D eigenvalue weighted by Gasteiger charge is 2.27. The molecule has 3 N–H and O–H groups in total. The molecular weight excluding hydrogens is 432 g/mol. The van der Waals surface area contributed by atoms with Crippen LogP contribution in [0.2, 0.25) is 5.02 Å². The number of rotatable bonds is 5. The number of thiophene rings is 1. The molecule has 0 saturated heterocycles. The summed E-state index contributed by atoms with van der Waals surface area (Å²) in [6.45, 7) is 7.13. The molecule has 0 spiro atoms. The number of amides is 2. The molecular formula is C20H25ClN2O4S2. The first-order chi connectivity index (χ1) is 13.4. The number of urea groups is 1. The van der Waals surface area contributed by atoms with Gasteiger partial charge < -0.3 is 10.4 Å². The van der Waals surface area contributed by atoms with Crippen molar-refractivity contribution in [2.45, 2.75) is 62.7 Å². The molecule has 1 aromatic heterocycles. The monoisotopic (exact) mass is 456 g/mol. The molecule has 2 amide bonds. The number of benzene rings is 1. The summed E-state index contributed by atoms with van der Waals surface area (Å²) in [6.07, 6.45) is 2.58. The molecule has 0 unspecified atom stereocenters. The molecule has 158 valence electrons. The minimum absolute atomic E-state index is 0.0322. The first-order valence-corrected chi connectivity index (χ1v) is 12.1. The van der Waals surface area contributed by atoms with Gasteiger partial charge in [-0.25, -0.2) is 17.9 Å². The van der Waals surface area contributed by atoms with E-state index in [4.69, 9.17) is 11.6 Å². The van der Waals surface area contributed by atoms with Crippen LogP contribution in [-0.2, 0) is 28.5 Å². The number of fused-ring (bicyclic) bond motifs is 1. The van der Waals surface area contributed by atoms with Crippen LogP contribution in [0.5, 0.6) is 0 Å². The molecule has 1 heterocycles. The Morgan fingerprint density at radius 2 is 1.90 bits per heavy atom. The first kappa shape index (κ1) is 22.1. The lowest BCUT2D eigenvalue weighted by molar-refractivity contribution is 0.0789. The zero-order valence-electron chi connectivity index (χ0n) is 16.8. The summed E-state index contributed by atoms with van der Waals surface area (Å²) in [5.74, 6) is 0.108. The van der Waals surface area contributed by atoms with E-state index in [-0.39, 0.29) is 10.1 Å². The summed E-state index contributed by atoms with van der Waals surface area (Å²) in [6, 6.07) is 2.41. The molecule has 1 aromatic carbocycles. The highest BCUT2D eigenvalue weighted by molar-refractivity contribution is 7.92. The Morgan fingerprint density at radius 3 is 2.48 bits per heavy atom. The third-order valence-corrected chi connectivity index (χ3v) is 8.12. The number of carbonyl (C=O) groups is 1. The number of halogens is 1. The first-order valence-electron chi connectivity index (χ1n) is 9.39. The van der Waals surface area contributed by atoms with Crippen molar-refractivity contribution in [2.24, 2.45) is 0 Å². The second-order valence-corrected chi connectivity index (χ2v) is 11.3. The summed E-state index contributed by atoms with van der Waals surface area (Å²) in [7, 11) is -4.06. The largest absolute Gasteiger partial charge is 0.386 e. The molecule has 0 atom stereocenters. The molecule has 6 nitrogen and oxygen atoms in total. The molecule has 0 bridgehead atoms. The number of sulfonamides is 1. The lowest BCUT2D eigenvalue weighted by Crippen LogP contribution is -2.34. The normalized spacial score (nSPS) is 14.2. The van der Waals surface area contributed by atoms with Crippen LogP contribution in [0.4, 0.5) is 10.5 Å². The van der Waals surface area contributed by atoms with Crippen LogP contribution >= 0.6 is 22.9 Å². The molecule has 29 heavy (non-hydrogen) atoms. The third-order valence-electron chi connectivity index (χ3n) is 5.01. The Labute approximate surface area is 180 Å². The van der Waals surface area contributed by atoms with Crippen LogP contribution < -0.4 is 10.0 Å². The number of hydrogen-bond acceptors (Lipinski definition) is 5. The number of anilines is 1. The summed E-state index contributed by atoms with van der Waals surface area (Å²) < 4.78 is 27.3. The Hall–Kier alpha value is -1.61. The van der Waals surface area contributed by atoms with Gasteiger partial charge in [0.05, 0.1) is 5.60 Å². The number of nitrogens with one attached hydrogen (secondary N) is 2. The summed E-state index contributed by atoms with van der Waals surface area (Å²) in [5.41, 5.74) is 2.83. The van der Waals surface area contributed by atoms with Crippen LogP contribution in [0.25, 0.3) is 0 Å². The van der Waals surface area contributed by atoms with Gasteiger partial charge in [0.2, 0.25) is 0 Å². The van der Waals surface area contributed by atoms with E-state index in [0.717, 1.165) is 47.3 Å². The van der Waals surface area contributed by atoms with Crippen molar-refractivity contribution in [3.63, 3.8) is 0 Å². The topological polar surface area (TPSA) is 95.5 Å². The minimum Gasteiger partial charge on any atom is -0.386 e. The van der Waals surface area contributed by atoms with Gasteiger partial charge in [0.15, 0.2) is 0 Å². The molecule has 0 fully saturated rings. The Morgan fingerprint density at radius 1 is 1.24 bits per heavy atom. The van der Waals surface area contributed by atoms with E-state index < -0.39 is 21.7 Å². The van der Waals surface area contributed by atoms with Gasteiger partial charge in [-0.05, 0) is 78.8 Å². The quantitative estimate of drug-likeness (QED) is 0.604. The number of carbonyl (C=O) groups excluding carboxylic acids is 1. The van der Waals surface area contributed by atoms with E-state index >= 15 is 0 Å². The smallest absolute Gasteiger partial charge is 0.333 e. The number of aliphatic hydroxyl groups is 1. The van der Waals surface area contributed by atoms with Crippen molar-refractivity contribution in [3.8, 4) is 0 Å². The van der Waals surface area contributed by atoms with Crippen LogP contribution in [0, 0.1) is 0 Å². The summed E-state index contributed by atoms with van der Waals surface area (Å²) >= 11 is 7.36. The molecule has 0 aliphatic heterocycles. The Balaban J connectivity index is 1.86. The maximum Gasteiger partial charge on any atom is 0.333 e. The van der Waals surface area contributed by atoms with Crippen molar-refractivity contribution in [3.05, 3.63) is 44.8 Å². The van der Waals surface area contributed by atoms with Crippen molar-refractivity contribution in [1.29, 1.82) is 0 Å². The minimum atomic E-state index is -4.06. The molecule has 1 aliphatic rings. The van der Waals surface area contributed by atoms with E-state index in [1.165, 1.54) is 6.07 Å². The molecule has 0 radical (unpaired) electrons. The van der Waals surface area contributed by atoms with Gasteiger partial charge in [0.25, 0.3) is 10.0 Å². The van der Waals surface area contributed by atoms with Gasteiger partial charge in [-0.3, -0.25) is 0 Å². The van der Waals surface area contributed by atoms with E-state index in [1.54, 1.807) is 19.2 Å². The highest BCUT2D eigenvalue weighted by atomic mass is 35.5. The van der Waals surface area contributed by atoms with E-state index in [2.05, 4.69) is 10.0 Å².